The van der Waals surface area contributed by atoms with E-state index in [0.29, 0.717) is 44.4 Å². The van der Waals surface area contributed by atoms with Gasteiger partial charge in [0, 0.05) is 48.2 Å². The molecule has 0 spiro atoms. The van der Waals surface area contributed by atoms with E-state index in [2.05, 4.69) is 58.9 Å². The van der Waals surface area contributed by atoms with Gasteiger partial charge in [-0.25, -0.2) is 0 Å². The van der Waals surface area contributed by atoms with E-state index >= 15 is 0 Å². The zero-order valence-electron chi connectivity index (χ0n) is 25.0. The third-order valence-corrected chi connectivity index (χ3v) is 9.01. The second-order valence-electron chi connectivity index (χ2n) is 12.1. The lowest BCUT2D eigenvalue weighted by atomic mass is 9.93. The van der Waals surface area contributed by atoms with E-state index in [1.807, 2.05) is 24.5 Å². The van der Waals surface area contributed by atoms with Gasteiger partial charge in [-0.1, -0.05) is 48.9 Å². The molecule has 1 heterocycles. The lowest BCUT2D eigenvalue weighted by Gasteiger charge is -2.23. The molecule has 0 bridgehead atoms. The fourth-order valence-electron chi connectivity index (χ4n) is 5.62. The Morgan fingerprint density at radius 1 is 1.09 bits per heavy atom. The summed E-state index contributed by atoms with van der Waals surface area (Å²) in [5.74, 6) is 0.895. The number of rotatable bonds is 17. The van der Waals surface area contributed by atoms with Crippen molar-refractivity contribution in [1.82, 2.24) is 15.6 Å². The highest BCUT2D eigenvalue weighted by atomic mass is 35.5. The predicted octanol–water partition coefficient (Wildman–Crippen LogP) is 6.25. The molecular formula is C35H44ClN3O4. The molecule has 8 heteroatoms. The number of pyridine rings is 1. The average Bonchev–Trinajstić information content (AvgIpc) is 3.96. The van der Waals surface area contributed by atoms with Crippen molar-refractivity contribution in [3.8, 4) is 16.9 Å². The molecule has 2 aliphatic carbocycles. The van der Waals surface area contributed by atoms with Crippen molar-refractivity contribution in [1.29, 1.82) is 0 Å². The minimum absolute atomic E-state index is 0.0756. The molecule has 230 valence electrons. The van der Waals surface area contributed by atoms with Crippen molar-refractivity contribution in [3.63, 3.8) is 0 Å². The van der Waals surface area contributed by atoms with Crippen molar-refractivity contribution in [2.45, 2.75) is 94.9 Å². The molecule has 2 fully saturated rings. The first-order valence-corrected chi connectivity index (χ1v) is 16.1. The van der Waals surface area contributed by atoms with Gasteiger partial charge in [0.05, 0.1) is 6.10 Å². The molecule has 2 aliphatic rings. The maximum absolute atomic E-state index is 12.1. The van der Waals surface area contributed by atoms with Crippen LogP contribution in [0.25, 0.3) is 11.1 Å². The van der Waals surface area contributed by atoms with Gasteiger partial charge in [-0.05, 0) is 104 Å². The van der Waals surface area contributed by atoms with Crippen LogP contribution in [0.4, 0.5) is 0 Å². The van der Waals surface area contributed by atoms with Gasteiger partial charge in [-0.3, -0.25) is 9.78 Å². The van der Waals surface area contributed by atoms with Gasteiger partial charge >= 0.3 is 0 Å². The lowest BCUT2D eigenvalue weighted by molar-refractivity contribution is -0.129. The number of nitrogens with zero attached hydrogens (tertiary/aromatic N) is 1. The number of halogens is 1. The van der Waals surface area contributed by atoms with Gasteiger partial charge in [-0.15, -0.1) is 0 Å². The van der Waals surface area contributed by atoms with Crippen molar-refractivity contribution in [2.75, 3.05) is 13.2 Å². The Hall–Kier alpha value is -2.97. The summed E-state index contributed by atoms with van der Waals surface area (Å²) in [6, 6.07) is 16.7. The van der Waals surface area contributed by atoms with Crippen molar-refractivity contribution >= 4 is 17.5 Å². The van der Waals surface area contributed by atoms with Crippen LogP contribution in [0.1, 0.15) is 87.3 Å². The summed E-state index contributed by atoms with van der Waals surface area (Å²) in [7, 11) is 0. The number of hydrogen-bond acceptors (Lipinski definition) is 6. The number of carbonyl (C=O) groups excluding carboxylic acids is 1. The number of carbonyl (C=O) groups is 1. The van der Waals surface area contributed by atoms with Crippen molar-refractivity contribution in [3.05, 3.63) is 82.6 Å². The number of amides is 1. The maximum Gasteiger partial charge on any atom is 0.248 e. The molecule has 5 rings (SSSR count). The van der Waals surface area contributed by atoms with Crippen LogP contribution >= 0.6 is 11.6 Å². The number of unbranched alkanes of at least 4 members (excludes halogenated alkanes) is 1. The van der Waals surface area contributed by atoms with Crippen molar-refractivity contribution in [2.24, 2.45) is 0 Å². The van der Waals surface area contributed by atoms with E-state index in [-0.39, 0.29) is 18.1 Å². The van der Waals surface area contributed by atoms with Crippen LogP contribution in [-0.4, -0.2) is 46.5 Å². The van der Waals surface area contributed by atoms with E-state index in [9.17, 15) is 9.90 Å². The van der Waals surface area contributed by atoms with Crippen LogP contribution in [-0.2, 0) is 16.9 Å². The van der Waals surface area contributed by atoms with Crippen LogP contribution in [0, 0.1) is 0 Å². The molecule has 2 atom stereocenters. The molecule has 2 aromatic carbocycles. The van der Waals surface area contributed by atoms with Crippen LogP contribution < -0.4 is 15.4 Å². The molecule has 2 unspecified atom stereocenters. The van der Waals surface area contributed by atoms with Gasteiger partial charge < -0.3 is 25.6 Å². The maximum atomic E-state index is 12.1. The zero-order chi connectivity index (χ0) is 30.2. The Morgan fingerprint density at radius 2 is 1.91 bits per heavy atom. The molecule has 4 N–H and O–H groups in total. The Labute approximate surface area is 260 Å². The van der Waals surface area contributed by atoms with Crippen LogP contribution in [0.3, 0.4) is 0 Å². The summed E-state index contributed by atoms with van der Waals surface area (Å²) >= 11 is 6.68. The Balaban J connectivity index is 1.19. The number of hydrogen-bond donors (Lipinski definition) is 4. The third-order valence-electron chi connectivity index (χ3n) is 8.64. The molecule has 3 aromatic rings. The summed E-state index contributed by atoms with van der Waals surface area (Å²) in [6.07, 6.45) is 10.8. The molecule has 43 heavy (non-hydrogen) atoms. The number of aliphatic hydroxyl groups is 2. The fraction of sp³-hybridized carbons (Fsp3) is 0.486. The largest absolute Gasteiger partial charge is 0.490 e. The monoisotopic (exact) mass is 605 g/mol. The first-order valence-electron chi connectivity index (χ1n) is 15.7. The summed E-state index contributed by atoms with van der Waals surface area (Å²) in [4.78, 5) is 16.6. The highest BCUT2D eigenvalue weighted by Gasteiger charge is 2.46. The van der Waals surface area contributed by atoms with Gasteiger partial charge in [0.25, 0.3) is 0 Å². The molecule has 7 nitrogen and oxygen atoms in total. The van der Waals surface area contributed by atoms with E-state index < -0.39 is 6.10 Å². The predicted molar refractivity (Wildman–Crippen MR) is 170 cm³/mol. The molecule has 0 radical (unpaired) electrons. The highest BCUT2D eigenvalue weighted by molar-refractivity contribution is 6.31. The van der Waals surface area contributed by atoms with Gasteiger partial charge in [0.2, 0.25) is 5.91 Å². The Bertz CT molecular complexity index is 1370. The molecule has 1 amide bonds. The SMILES string of the molecule is CC(CCCNC(=O)C(O)CCCCO)c1ccc(Cl)c(CNC2(c3cnccc3-c3ccccc3OC3CC3)CC2)c1. The zero-order valence-corrected chi connectivity index (χ0v) is 25.8. The third kappa shape index (κ3) is 8.36. The molecule has 0 saturated heterocycles. The van der Waals surface area contributed by atoms with Crippen LogP contribution in [0.2, 0.25) is 5.02 Å². The first kappa shape index (κ1) is 31.5. The average molecular weight is 606 g/mol. The van der Waals surface area contributed by atoms with Gasteiger partial charge in [0.1, 0.15) is 11.9 Å². The first-order chi connectivity index (χ1) is 20.9. The number of aromatic nitrogens is 1. The second kappa shape index (κ2) is 14.7. The topological polar surface area (TPSA) is 104 Å². The van der Waals surface area contributed by atoms with Gasteiger partial charge in [0.15, 0.2) is 0 Å². The molecule has 0 aliphatic heterocycles. The Kier molecular flexibility index (Phi) is 10.7. The standard InChI is InChI=1S/C35H44ClN3O4/c1-24(7-6-18-38-34(42)32(41)9-4-5-20-40)25-11-14-31(36)26(21-25)22-39-35(16-17-35)30-23-37-19-15-28(30)29-8-2-3-10-33(29)43-27-12-13-27/h2-3,8,10-11,14-15,19,21,23-24,27,32,39-41H,4-7,9,12-13,16-18,20,22H2,1H3,(H,38,42). The normalized spacial score (nSPS) is 16.8. The number of nitrogens with one attached hydrogen (secondary N) is 2. The molecule has 2 saturated carbocycles. The number of aliphatic hydroxyl groups excluding tert-OH is 2. The quantitative estimate of drug-likeness (QED) is 0.136. The Morgan fingerprint density at radius 3 is 2.67 bits per heavy atom. The van der Waals surface area contributed by atoms with E-state index in [0.717, 1.165) is 66.0 Å². The number of benzene rings is 2. The minimum Gasteiger partial charge on any atom is -0.490 e. The van der Waals surface area contributed by atoms with E-state index in [1.165, 1.54) is 11.1 Å². The lowest BCUT2D eigenvalue weighted by Crippen LogP contribution is -2.35. The number of ether oxygens (including phenoxy) is 1. The van der Waals surface area contributed by atoms with E-state index in [1.54, 1.807) is 0 Å². The van der Waals surface area contributed by atoms with Gasteiger partial charge in [-0.2, -0.15) is 0 Å². The fourth-order valence-corrected chi connectivity index (χ4v) is 5.80. The highest BCUT2D eigenvalue weighted by Crippen LogP contribution is 2.50. The smallest absolute Gasteiger partial charge is 0.248 e. The minimum atomic E-state index is -1.02. The van der Waals surface area contributed by atoms with Crippen molar-refractivity contribution < 1.29 is 19.7 Å². The molecule has 1 aromatic heterocycles. The van der Waals surface area contributed by atoms with E-state index in [4.69, 9.17) is 21.4 Å². The number of para-hydroxylation sites is 1. The summed E-state index contributed by atoms with van der Waals surface area (Å²) < 4.78 is 6.26. The van der Waals surface area contributed by atoms with Crippen LogP contribution in [0.15, 0.2) is 60.9 Å². The molecular weight excluding hydrogens is 562 g/mol. The van der Waals surface area contributed by atoms with Crippen LogP contribution in [0.5, 0.6) is 5.75 Å². The summed E-state index contributed by atoms with van der Waals surface area (Å²) in [6.45, 7) is 3.44. The second-order valence-corrected chi connectivity index (χ2v) is 12.5. The summed E-state index contributed by atoms with van der Waals surface area (Å²) in [5, 5.41) is 26.3. The summed E-state index contributed by atoms with van der Waals surface area (Å²) in [5.41, 5.74) is 5.61.